The lowest BCUT2D eigenvalue weighted by molar-refractivity contribution is 0.103. The van der Waals surface area contributed by atoms with E-state index in [1.807, 2.05) is 0 Å². The van der Waals surface area contributed by atoms with Crippen LogP contribution in [0.2, 0.25) is 0 Å². The number of hydrogen-bond acceptors (Lipinski definition) is 3. The average Bonchev–Trinajstić information content (AvgIpc) is 2.81. The number of methoxy groups -OCH3 is 1. The molecule has 2 aromatic rings. The summed E-state index contributed by atoms with van der Waals surface area (Å²) >= 11 is 0. The van der Waals surface area contributed by atoms with Crippen LogP contribution in [0.4, 0.5) is 4.39 Å². The van der Waals surface area contributed by atoms with E-state index in [2.05, 4.69) is 9.97 Å². The molecule has 1 heterocycles. The minimum Gasteiger partial charge on any atom is -0.494 e. The molecule has 0 bridgehead atoms. The van der Waals surface area contributed by atoms with E-state index in [0.717, 1.165) is 6.07 Å². The highest BCUT2D eigenvalue weighted by atomic mass is 19.1. The topological polar surface area (TPSA) is 55.0 Å². The summed E-state index contributed by atoms with van der Waals surface area (Å²) in [5.41, 5.74) is 0.230. The van der Waals surface area contributed by atoms with Gasteiger partial charge in [-0.05, 0) is 18.2 Å². The lowest BCUT2D eigenvalue weighted by atomic mass is 10.1. The van der Waals surface area contributed by atoms with Crippen molar-refractivity contribution in [3.63, 3.8) is 0 Å². The number of hydrogen-bond donors (Lipinski definition) is 1. The summed E-state index contributed by atoms with van der Waals surface area (Å²) in [6.45, 7) is 0. The Kier molecular flexibility index (Phi) is 2.68. The number of aromatic amines is 1. The van der Waals surface area contributed by atoms with E-state index in [1.54, 1.807) is 0 Å². The molecular formula is C11H9FN2O2. The Morgan fingerprint density at radius 3 is 2.88 bits per heavy atom. The van der Waals surface area contributed by atoms with E-state index in [1.165, 1.54) is 31.6 Å². The fourth-order valence-electron chi connectivity index (χ4n) is 1.33. The number of nitrogens with one attached hydrogen (secondary N) is 1. The number of imidazole rings is 1. The first-order chi connectivity index (χ1) is 7.72. The number of H-pyrrole nitrogens is 1. The smallest absolute Gasteiger partial charge is 0.228 e. The Labute approximate surface area is 91.1 Å². The van der Waals surface area contributed by atoms with Crippen molar-refractivity contribution in [1.82, 2.24) is 9.97 Å². The van der Waals surface area contributed by atoms with Gasteiger partial charge in [0.05, 0.1) is 7.11 Å². The molecule has 0 radical (unpaired) electrons. The van der Waals surface area contributed by atoms with Gasteiger partial charge < -0.3 is 9.72 Å². The predicted octanol–water partition coefficient (Wildman–Crippen LogP) is 1.79. The highest BCUT2D eigenvalue weighted by Crippen LogP contribution is 2.18. The summed E-state index contributed by atoms with van der Waals surface area (Å²) < 4.78 is 18.1. The number of carbonyl (C=O) groups excluding carboxylic acids is 1. The summed E-state index contributed by atoms with van der Waals surface area (Å²) in [6.07, 6.45) is 3.00. The summed E-state index contributed by atoms with van der Waals surface area (Å²) in [7, 11) is 1.37. The molecule has 0 aliphatic heterocycles. The van der Waals surface area contributed by atoms with Crippen molar-refractivity contribution < 1.29 is 13.9 Å². The Morgan fingerprint density at radius 1 is 1.50 bits per heavy atom. The Hall–Kier alpha value is -2.17. The normalized spacial score (nSPS) is 10.1. The predicted molar refractivity (Wildman–Crippen MR) is 55.0 cm³/mol. The highest BCUT2D eigenvalue weighted by Gasteiger charge is 2.13. The number of halogens is 1. The minimum atomic E-state index is -0.570. The number of ketones is 1. The van der Waals surface area contributed by atoms with Crippen LogP contribution < -0.4 is 4.74 Å². The standard InChI is InChI=1S/C11H9FN2O2/c1-16-9-3-2-7(6-8(9)12)10(15)11-13-4-5-14-11/h2-6H,1H3,(H,13,14). The minimum absolute atomic E-state index is 0.107. The first kappa shape index (κ1) is 10.4. The van der Waals surface area contributed by atoms with Gasteiger partial charge in [-0.3, -0.25) is 4.79 Å². The molecule has 0 spiro atoms. The van der Waals surface area contributed by atoms with Crippen LogP contribution in [0.15, 0.2) is 30.6 Å². The van der Waals surface area contributed by atoms with Gasteiger partial charge in [0, 0.05) is 18.0 Å². The molecule has 0 amide bonds. The number of rotatable bonds is 3. The molecule has 0 aliphatic carbocycles. The van der Waals surface area contributed by atoms with E-state index in [9.17, 15) is 9.18 Å². The van der Waals surface area contributed by atoms with E-state index in [-0.39, 0.29) is 22.9 Å². The molecule has 0 saturated heterocycles. The zero-order valence-corrected chi connectivity index (χ0v) is 8.53. The molecular weight excluding hydrogens is 211 g/mol. The molecule has 5 heteroatoms. The first-order valence-electron chi connectivity index (χ1n) is 4.60. The van der Waals surface area contributed by atoms with Crippen LogP contribution in [0.5, 0.6) is 5.75 Å². The molecule has 0 fully saturated rings. The average molecular weight is 220 g/mol. The highest BCUT2D eigenvalue weighted by molar-refractivity contribution is 6.06. The van der Waals surface area contributed by atoms with Gasteiger partial charge in [0.15, 0.2) is 17.4 Å². The third-order valence-corrected chi connectivity index (χ3v) is 2.13. The van der Waals surface area contributed by atoms with Crippen LogP contribution in [-0.2, 0) is 0 Å². The van der Waals surface area contributed by atoms with Crippen molar-refractivity contribution in [1.29, 1.82) is 0 Å². The van der Waals surface area contributed by atoms with Crippen LogP contribution in [0.25, 0.3) is 0 Å². The quantitative estimate of drug-likeness (QED) is 0.802. The molecule has 16 heavy (non-hydrogen) atoms. The van der Waals surface area contributed by atoms with Gasteiger partial charge >= 0.3 is 0 Å². The molecule has 0 atom stereocenters. The van der Waals surface area contributed by atoms with Gasteiger partial charge in [0.1, 0.15) is 0 Å². The summed E-state index contributed by atoms with van der Waals surface area (Å²) in [6, 6.07) is 4.03. The fourth-order valence-corrected chi connectivity index (χ4v) is 1.33. The maximum Gasteiger partial charge on any atom is 0.228 e. The van der Waals surface area contributed by atoms with Crippen molar-refractivity contribution in [2.24, 2.45) is 0 Å². The van der Waals surface area contributed by atoms with Crippen molar-refractivity contribution >= 4 is 5.78 Å². The van der Waals surface area contributed by atoms with E-state index < -0.39 is 5.82 Å². The number of nitrogens with zero attached hydrogens (tertiary/aromatic N) is 1. The van der Waals surface area contributed by atoms with E-state index in [4.69, 9.17) is 4.74 Å². The molecule has 4 nitrogen and oxygen atoms in total. The maximum atomic E-state index is 13.3. The van der Waals surface area contributed by atoms with Crippen LogP contribution in [0.3, 0.4) is 0 Å². The molecule has 1 N–H and O–H groups in total. The van der Waals surface area contributed by atoms with Crippen LogP contribution in [0.1, 0.15) is 16.2 Å². The second-order valence-corrected chi connectivity index (χ2v) is 3.12. The van der Waals surface area contributed by atoms with Gasteiger partial charge in [0.2, 0.25) is 5.78 Å². The van der Waals surface area contributed by atoms with Crippen molar-refractivity contribution in [2.45, 2.75) is 0 Å². The molecule has 1 aromatic carbocycles. The molecule has 82 valence electrons. The van der Waals surface area contributed by atoms with Gasteiger partial charge in [-0.15, -0.1) is 0 Å². The zero-order valence-electron chi connectivity index (χ0n) is 8.53. The number of aromatic nitrogens is 2. The summed E-state index contributed by atoms with van der Waals surface area (Å²) in [5, 5.41) is 0. The number of carbonyl (C=O) groups is 1. The third-order valence-electron chi connectivity index (χ3n) is 2.13. The third kappa shape index (κ3) is 1.79. The molecule has 0 aliphatic rings. The maximum absolute atomic E-state index is 13.3. The lowest BCUT2D eigenvalue weighted by Gasteiger charge is -2.03. The molecule has 2 rings (SSSR count). The van der Waals surface area contributed by atoms with Gasteiger partial charge in [-0.25, -0.2) is 9.37 Å². The molecule has 0 unspecified atom stereocenters. The SMILES string of the molecule is COc1ccc(C(=O)c2ncc[nH]2)cc1F. The monoisotopic (exact) mass is 220 g/mol. The Morgan fingerprint density at radius 2 is 2.31 bits per heavy atom. The Bertz CT molecular complexity index is 509. The molecule has 0 saturated carbocycles. The van der Waals surface area contributed by atoms with Crippen molar-refractivity contribution in [3.8, 4) is 5.75 Å². The second kappa shape index (κ2) is 4.14. The van der Waals surface area contributed by atoms with E-state index >= 15 is 0 Å². The van der Waals surface area contributed by atoms with Gasteiger partial charge in [0.25, 0.3) is 0 Å². The molecule has 1 aromatic heterocycles. The second-order valence-electron chi connectivity index (χ2n) is 3.12. The van der Waals surface area contributed by atoms with Crippen LogP contribution in [-0.4, -0.2) is 22.9 Å². The van der Waals surface area contributed by atoms with Crippen molar-refractivity contribution in [3.05, 3.63) is 47.8 Å². The van der Waals surface area contributed by atoms with E-state index in [0.29, 0.717) is 0 Å². The van der Waals surface area contributed by atoms with Gasteiger partial charge in [-0.2, -0.15) is 0 Å². The fraction of sp³-hybridized carbons (Fsp3) is 0.0909. The zero-order chi connectivity index (χ0) is 11.5. The van der Waals surface area contributed by atoms with Crippen molar-refractivity contribution in [2.75, 3.05) is 7.11 Å². The summed E-state index contributed by atoms with van der Waals surface area (Å²) in [4.78, 5) is 18.2. The lowest BCUT2D eigenvalue weighted by Crippen LogP contribution is -2.04. The summed E-state index contributed by atoms with van der Waals surface area (Å²) in [5.74, 6) is -0.632. The van der Waals surface area contributed by atoms with Crippen LogP contribution in [0, 0.1) is 5.82 Å². The number of benzene rings is 1. The largest absolute Gasteiger partial charge is 0.494 e. The number of ether oxygens (including phenoxy) is 1. The van der Waals surface area contributed by atoms with Gasteiger partial charge in [-0.1, -0.05) is 0 Å². The first-order valence-corrected chi connectivity index (χ1v) is 4.60. The van der Waals surface area contributed by atoms with Crippen LogP contribution >= 0.6 is 0 Å². The Balaban J connectivity index is 2.35.